The van der Waals surface area contributed by atoms with E-state index in [1.807, 2.05) is 0 Å². The van der Waals surface area contributed by atoms with Crippen molar-refractivity contribution in [1.29, 1.82) is 0 Å². The van der Waals surface area contributed by atoms with E-state index in [-0.39, 0.29) is 0 Å². The lowest BCUT2D eigenvalue weighted by Gasteiger charge is -2.35. The standard InChI is InChI=1S/C19H32N2/c1-5-17-8-7-11-21(13-17)14-19(20-6-2)18-10-9-15(3)12-16(18)4/h9-10,12,17,19-20H,5-8,11,13-14H2,1-4H3. The van der Waals surface area contributed by atoms with Gasteiger partial charge in [0.2, 0.25) is 0 Å². The van der Waals surface area contributed by atoms with Crippen LogP contribution in [-0.2, 0) is 0 Å². The quantitative estimate of drug-likeness (QED) is 0.848. The Bertz CT molecular complexity index is 441. The van der Waals surface area contributed by atoms with E-state index < -0.39 is 0 Å². The summed E-state index contributed by atoms with van der Waals surface area (Å²) in [5.41, 5.74) is 4.25. The molecular formula is C19H32N2. The van der Waals surface area contributed by atoms with Crippen molar-refractivity contribution in [2.24, 2.45) is 5.92 Å². The van der Waals surface area contributed by atoms with Gasteiger partial charge >= 0.3 is 0 Å². The van der Waals surface area contributed by atoms with Gasteiger partial charge in [-0.3, -0.25) is 0 Å². The maximum atomic E-state index is 3.70. The number of aryl methyl sites for hydroxylation is 2. The van der Waals surface area contributed by atoms with Crippen molar-refractivity contribution in [2.45, 2.75) is 53.0 Å². The summed E-state index contributed by atoms with van der Waals surface area (Å²) in [5, 5.41) is 3.70. The topological polar surface area (TPSA) is 15.3 Å². The van der Waals surface area contributed by atoms with Gasteiger partial charge in [-0.2, -0.15) is 0 Å². The van der Waals surface area contributed by atoms with Crippen molar-refractivity contribution in [3.63, 3.8) is 0 Å². The maximum absolute atomic E-state index is 3.70. The third kappa shape index (κ3) is 4.55. The van der Waals surface area contributed by atoms with Gasteiger partial charge in [0.25, 0.3) is 0 Å². The average Bonchev–Trinajstić information content (AvgIpc) is 2.47. The molecule has 0 radical (unpaired) electrons. The zero-order valence-electron chi connectivity index (χ0n) is 14.3. The van der Waals surface area contributed by atoms with Crippen molar-refractivity contribution in [3.8, 4) is 0 Å². The fraction of sp³-hybridized carbons (Fsp3) is 0.684. The summed E-state index contributed by atoms with van der Waals surface area (Å²) in [6.07, 6.45) is 4.11. The Morgan fingerprint density at radius 1 is 1.29 bits per heavy atom. The summed E-state index contributed by atoms with van der Waals surface area (Å²) in [5.74, 6) is 0.903. The summed E-state index contributed by atoms with van der Waals surface area (Å²) < 4.78 is 0. The van der Waals surface area contributed by atoms with Crippen molar-refractivity contribution >= 4 is 0 Å². The van der Waals surface area contributed by atoms with Crippen LogP contribution in [0.25, 0.3) is 0 Å². The van der Waals surface area contributed by atoms with E-state index in [1.165, 1.54) is 49.0 Å². The van der Waals surface area contributed by atoms with Gasteiger partial charge in [0.15, 0.2) is 0 Å². The number of hydrogen-bond acceptors (Lipinski definition) is 2. The molecule has 21 heavy (non-hydrogen) atoms. The third-order valence-electron chi connectivity index (χ3n) is 4.87. The van der Waals surface area contributed by atoms with Gasteiger partial charge < -0.3 is 10.2 Å². The molecule has 1 aliphatic rings. The smallest absolute Gasteiger partial charge is 0.0451 e. The minimum absolute atomic E-state index is 0.464. The molecule has 0 aliphatic carbocycles. The number of nitrogens with zero attached hydrogens (tertiary/aromatic N) is 1. The molecule has 1 aromatic carbocycles. The fourth-order valence-corrected chi connectivity index (χ4v) is 3.64. The summed E-state index contributed by atoms with van der Waals surface area (Å²) in [6, 6.07) is 7.34. The number of piperidine rings is 1. The second-order valence-electron chi connectivity index (χ2n) is 6.65. The van der Waals surface area contributed by atoms with E-state index >= 15 is 0 Å². The van der Waals surface area contributed by atoms with Crippen LogP contribution in [0.5, 0.6) is 0 Å². The Morgan fingerprint density at radius 2 is 2.10 bits per heavy atom. The van der Waals surface area contributed by atoms with E-state index in [4.69, 9.17) is 0 Å². The first-order chi connectivity index (χ1) is 10.1. The predicted molar refractivity (Wildman–Crippen MR) is 91.8 cm³/mol. The lowest BCUT2D eigenvalue weighted by molar-refractivity contribution is 0.156. The SMILES string of the molecule is CCNC(CN1CCCC(CC)C1)c1ccc(C)cc1C. The van der Waals surface area contributed by atoms with Gasteiger partial charge in [0, 0.05) is 19.1 Å². The van der Waals surface area contributed by atoms with Crippen LogP contribution in [0.4, 0.5) is 0 Å². The van der Waals surface area contributed by atoms with E-state index in [0.717, 1.165) is 19.0 Å². The van der Waals surface area contributed by atoms with Crippen LogP contribution in [0, 0.1) is 19.8 Å². The number of likely N-dealkylation sites (N-methyl/N-ethyl adjacent to an activating group) is 1. The molecule has 1 saturated heterocycles. The molecule has 2 unspecified atom stereocenters. The van der Waals surface area contributed by atoms with Crippen LogP contribution in [0.15, 0.2) is 18.2 Å². The lowest BCUT2D eigenvalue weighted by Crippen LogP contribution is -2.41. The number of likely N-dealkylation sites (tertiary alicyclic amines) is 1. The van der Waals surface area contributed by atoms with Gasteiger partial charge in [0.05, 0.1) is 0 Å². The van der Waals surface area contributed by atoms with Crippen molar-refractivity contribution in [2.75, 3.05) is 26.2 Å². The summed E-state index contributed by atoms with van der Waals surface area (Å²) in [6.45, 7) is 13.7. The zero-order valence-corrected chi connectivity index (χ0v) is 14.3. The minimum Gasteiger partial charge on any atom is -0.309 e. The average molecular weight is 288 g/mol. The number of hydrogen-bond donors (Lipinski definition) is 1. The van der Waals surface area contributed by atoms with Gasteiger partial charge in [0.1, 0.15) is 0 Å². The van der Waals surface area contributed by atoms with E-state index in [0.29, 0.717) is 6.04 Å². The molecule has 2 nitrogen and oxygen atoms in total. The highest BCUT2D eigenvalue weighted by molar-refractivity contribution is 5.33. The van der Waals surface area contributed by atoms with Crippen LogP contribution in [0.1, 0.15) is 55.8 Å². The molecule has 0 spiro atoms. The van der Waals surface area contributed by atoms with Crippen LogP contribution < -0.4 is 5.32 Å². The first-order valence-corrected chi connectivity index (χ1v) is 8.66. The first kappa shape index (κ1) is 16.5. The molecule has 1 heterocycles. The van der Waals surface area contributed by atoms with E-state index in [2.05, 4.69) is 56.1 Å². The van der Waals surface area contributed by atoms with Crippen molar-refractivity contribution < 1.29 is 0 Å². The Hall–Kier alpha value is -0.860. The highest BCUT2D eigenvalue weighted by Crippen LogP contribution is 2.24. The number of nitrogens with one attached hydrogen (secondary N) is 1. The Labute approximate surface area is 130 Å². The van der Waals surface area contributed by atoms with E-state index in [1.54, 1.807) is 0 Å². The van der Waals surface area contributed by atoms with Gasteiger partial charge in [-0.1, -0.05) is 44.0 Å². The maximum Gasteiger partial charge on any atom is 0.0451 e. The Balaban J connectivity index is 2.07. The molecule has 0 saturated carbocycles. The second kappa shape index (κ2) is 7.95. The molecule has 2 atom stereocenters. The molecule has 118 valence electrons. The van der Waals surface area contributed by atoms with Crippen LogP contribution in [-0.4, -0.2) is 31.1 Å². The summed E-state index contributed by atoms with van der Waals surface area (Å²) >= 11 is 0. The van der Waals surface area contributed by atoms with Crippen LogP contribution in [0.2, 0.25) is 0 Å². The number of benzene rings is 1. The first-order valence-electron chi connectivity index (χ1n) is 8.66. The van der Waals surface area contributed by atoms with E-state index in [9.17, 15) is 0 Å². The molecule has 0 bridgehead atoms. The predicted octanol–water partition coefficient (Wildman–Crippen LogP) is 4.08. The summed E-state index contributed by atoms with van der Waals surface area (Å²) in [4.78, 5) is 2.67. The monoisotopic (exact) mass is 288 g/mol. The molecule has 0 amide bonds. The highest BCUT2D eigenvalue weighted by atomic mass is 15.2. The molecular weight excluding hydrogens is 256 g/mol. The molecule has 2 heteroatoms. The lowest BCUT2D eigenvalue weighted by atomic mass is 9.94. The normalized spacial score (nSPS) is 21.4. The number of rotatable bonds is 6. The fourth-order valence-electron chi connectivity index (χ4n) is 3.64. The van der Waals surface area contributed by atoms with Crippen LogP contribution >= 0.6 is 0 Å². The highest BCUT2D eigenvalue weighted by Gasteiger charge is 2.22. The third-order valence-corrected chi connectivity index (χ3v) is 4.87. The molecule has 0 aromatic heterocycles. The molecule has 1 N–H and O–H groups in total. The van der Waals surface area contributed by atoms with Crippen LogP contribution in [0.3, 0.4) is 0 Å². The van der Waals surface area contributed by atoms with Gasteiger partial charge in [-0.15, -0.1) is 0 Å². The second-order valence-corrected chi connectivity index (χ2v) is 6.65. The Morgan fingerprint density at radius 3 is 2.76 bits per heavy atom. The molecule has 1 aromatic rings. The molecule has 2 rings (SSSR count). The zero-order chi connectivity index (χ0) is 15.2. The van der Waals surface area contributed by atoms with Gasteiger partial charge in [-0.05, 0) is 56.8 Å². The molecule has 1 fully saturated rings. The van der Waals surface area contributed by atoms with Crippen molar-refractivity contribution in [3.05, 3.63) is 34.9 Å². The largest absolute Gasteiger partial charge is 0.309 e. The Kier molecular flexibility index (Phi) is 6.25. The summed E-state index contributed by atoms with van der Waals surface area (Å²) in [7, 11) is 0. The van der Waals surface area contributed by atoms with Crippen molar-refractivity contribution in [1.82, 2.24) is 10.2 Å². The molecule has 1 aliphatic heterocycles. The minimum atomic E-state index is 0.464. The van der Waals surface area contributed by atoms with Gasteiger partial charge in [-0.25, -0.2) is 0 Å².